The summed E-state index contributed by atoms with van der Waals surface area (Å²) in [5.74, 6) is 3.13. The summed E-state index contributed by atoms with van der Waals surface area (Å²) in [6, 6.07) is 2.14. The molecule has 1 aromatic rings. The second kappa shape index (κ2) is 6.45. The molecule has 0 bridgehead atoms. The van der Waals surface area contributed by atoms with E-state index in [1.807, 2.05) is 12.3 Å². The molecule has 4 nitrogen and oxygen atoms in total. The minimum atomic E-state index is 0.146. The van der Waals surface area contributed by atoms with Crippen molar-refractivity contribution in [2.75, 3.05) is 20.7 Å². The van der Waals surface area contributed by atoms with Crippen LogP contribution in [-0.4, -0.2) is 36.4 Å². The summed E-state index contributed by atoms with van der Waals surface area (Å²) in [4.78, 5) is 18.9. The van der Waals surface area contributed by atoms with Gasteiger partial charge in [0.2, 0.25) is 0 Å². The lowest BCUT2D eigenvalue weighted by Gasteiger charge is -2.60. The molecule has 4 heteroatoms. The Morgan fingerprint density at radius 3 is 2.79 bits per heavy atom. The van der Waals surface area contributed by atoms with Gasteiger partial charge in [-0.05, 0) is 66.1 Å². The van der Waals surface area contributed by atoms with E-state index in [9.17, 15) is 4.79 Å². The second-order valence-corrected chi connectivity index (χ2v) is 10.1. The van der Waals surface area contributed by atoms with E-state index in [0.717, 1.165) is 25.1 Å². The molecule has 1 saturated heterocycles. The molecule has 0 spiro atoms. The summed E-state index contributed by atoms with van der Waals surface area (Å²) in [5, 5.41) is 0. The molecule has 2 fully saturated rings. The molecule has 0 radical (unpaired) electrons. The van der Waals surface area contributed by atoms with Crippen LogP contribution in [0.4, 0.5) is 0 Å². The van der Waals surface area contributed by atoms with Crippen LogP contribution in [0.2, 0.25) is 0 Å². The van der Waals surface area contributed by atoms with Gasteiger partial charge in [-0.3, -0.25) is 9.78 Å². The maximum Gasteiger partial charge on any atom is 0.157 e. The standard InChI is InChI=1S/C25H32N2O2/c1-24-10-8-22-19(15-27(3)23-12-17(28)7-9-25(22,23)2)21(24)6-5-20(24)16-11-18(29-4)14-26-13-16/h5,11-14,19,21-22H,6-10,15H2,1-4H3/t19-,21-,22-,24+,25+/m0/s1. The molecule has 154 valence electrons. The minimum Gasteiger partial charge on any atom is -0.495 e. The first kappa shape index (κ1) is 18.9. The number of pyridine rings is 1. The number of piperidine rings is 1. The Bertz CT molecular complexity index is 919. The second-order valence-electron chi connectivity index (χ2n) is 10.1. The summed E-state index contributed by atoms with van der Waals surface area (Å²) >= 11 is 0. The Morgan fingerprint density at radius 2 is 2.00 bits per heavy atom. The van der Waals surface area contributed by atoms with Gasteiger partial charge < -0.3 is 9.64 Å². The summed E-state index contributed by atoms with van der Waals surface area (Å²) < 4.78 is 5.43. The number of nitrogens with zero attached hydrogens (tertiary/aromatic N) is 2. The molecular weight excluding hydrogens is 360 g/mol. The number of rotatable bonds is 2. The lowest BCUT2D eigenvalue weighted by atomic mass is 9.49. The van der Waals surface area contributed by atoms with E-state index in [2.05, 4.69) is 42.9 Å². The number of allylic oxidation sites excluding steroid dienone is 4. The third kappa shape index (κ3) is 2.64. The molecule has 5 rings (SSSR count). The van der Waals surface area contributed by atoms with Crippen LogP contribution in [0.1, 0.15) is 51.5 Å². The maximum atomic E-state index is 12.1. The van der Waals surface area contributed by atoms with E-state index >= 15 is 0 Å². The summed E-state index contributed by atoms with van der Waals surface area (Å²) in [6.45, 7) is 5.97. The first-order valence-corrected chi connectivity index (χ1v) is 11.0. The molecule has 2 heterocycles. The molecule has 1 aromatic heterocycles. The molecule has 4 aliphatic rings. The number of fused-ring (bicyclic) bond motifs is 5. The fourth-order valence-electron chi connectivity index (χ4n) is 7.26. The number of carbonyl (C=O) groups is 1. The monoisotopic (exact) mass is 392 g/mol. The van der Waals surface area contributed by atoms with Crippen LogP contribution >= 0.6 is 0 Å². The Morgan fingerprint density at radius 1 is 1.17 bits per heavy atom. The highest BCUT2D eigenvalue weighted by molar-refractivity contribution is 5.91. The van der Waals surface area contributed by atoms with Crippen LogP contribution in [-0.2, 0) is 4.79 Å². The van der Waals surface area contributed by atoms with E-state index in [0.29, 0.717) is 30.0 Å². The minimum absolute atomic E-state index is 0.146. The zero-order valence-corrected chi connectivity index (χ0v) is 18.1. The third-order valence-corrected chi connectivity index (χ3v) is 8.77. The van der Waals surface area contributed by atoms with Gasteiger partial charge in [-0.1, -0.05) is 19.9 Å². The van der Waals surface area contributed by atoms with Gasteiger partial charge in [0.05, 0.1) is 13.3 Å². The van der Waals surface area contributed by atoms with Gasteiger partial charge in [-0.25, -0.2) is 0 Å². The highest BCUT2D eigenvalue weighted by Crippen LogP contribution is 2.65. The number of carbonyl (C=O) groups excluding carboxylic acids is 1. The molecule has 0 aromatic carbocycles. The lowest BCUT2D eigenvalue weighted by Crippen LogP contribution is -2.56. The van der Waals surface area contributed by atoms with Crippen molar-refractivity contribution in [2.45, 2.75) is 46.0 Å². The van der Waals surface area contributed by atoms with Crippen LogP contribution in [0.5, 0.6) is 5.75 Å². The van der Waals surface area contributed by atoms with Crippen molar-refractivity contribution < 1.29 is 9.53 Å². The van der Waals surface area contributed by atoms with E-state index in [4.69, 9.17) is 4.74 Å². The predicted molar refractivity (Wildman–Crippen MR) is 114 cm³/mol. The lowest BCUT2D eigenvalue weighted by molar-refractivity contribution is -0.118. The predicted octanol–water partition coefficient (Wildman–Crippen LogP) is 4.72. The summed E-state index contributed by atoms with van der Waals surface area (Å²) in [7, 11) is 3.90. The van der Waals surface area contributed by atoms with E-state index < -0.39 is 0 Å². The van der Waals surface area contributed by atoms with Gasteiger partial charge in [0.1, 0.15) is 5.75 Å². The van der Waals surface area contributed by atoms with Gasteiger partial charge in [0.15, 0.2) is 5.78 Å². The number of methoxy groups -OCH3 is 1. The van der Waals surface area contributed by atoms with Crippen molar-refractivity contribution >= 4 is 11.4 Å². The van der Waals surface area contributed by atoms with Crippen LogP contribution in [0.3, 0.4) is 0 Å². The third-order valence-electron chi connectivity index (χ3n) is 8.77. The maximum absolute atomic E-state index is 12.1. The average Bonchev–Trinajstić information content (AvgIpc) is 3.07. The summed E-state index contributed by atoms with van der Waals surface area (Å²) in [5.41, 5.74) is 4.31. The quantitative estimate of drug-likeness (QED) is 0.730. The van der Waals surface area contributed by atoms with Gasteiger partial charge in [-0.15, -0.1) is 0 Å². The average molecular weight is 393 g/mol. The molecule has 0 N–H and O–H groups in total. The molecule has 3 aliphatic carbocycles. The van der Waals surface area contributed by atoms with E-state index in [1.54, 1.807) is 13.3 Å². The van der Waals surface area contributed by atoms with Crippen molar-refractivity contribution in [1.29, 1.82) is 0 Å². The Hall–Kier alpha value is -2.10. The normalized spacial score (nSPS) is 38.6. The van der Waals surface area contributed by atoms with Gasteiger partial charge >= 0.3 is 0 Å². The molecular formula is C25H32N2O2. The summed E-state index contributed by atoms with van der Waals surface area (Å²) in [6.07, 6.45) is 13.5. The zero-order valence-electron chi connectivity index (χ0n) is 18.1. The number of ether oxygens (including phenoxy) is 1. The fraction of sp³-hybridized carbons (Fsp3) is 0.600. The van der Waals surface area contributed by atoms with Crippen LogP contribution < -0.4 is 4.74 Å². The first-order valence-electron chi connectivity index (χ1n) is 11.0. The molecule has 1 saturated carbocycles. The smallest absolute Gasteiger partial charge is 0.157 e. The molecule has 0 amide bonds. The SMILES string of the molecule is COc1cncc(C2=CC[C@H]3[C@@H]4CN(C)C5=CC(=O)CC[C@]5(C)[C@H]4CC[C@]23C)c1. The highest BCUT2D eigenvalue weighted by atomic mass is 16.5. The zero-order chi connectivity index (χ0) is 20.4. The van der Waals surface area contributed by atoms with Crippen molar-refractivity contribution in [2.24, 2.45) is 28.6 Å². The number of likely N-dealkylation sites (tertiary alicyclic amines) is 1. The Balaban J connectivity index is 1.49. The van der Waals surface area contributed by atoms with E-state index in [-0.39, 0.29) is 10.8 Å². The Kier molecular flexibility index (Phi) is 4.20. The topological polar surface area (TPSA) is 42.4 Å². The molecule has 1 aliphatic heterocycles. The van der Waals surface area contributed by atoms with Crippen LogP contribution in [0.25, 0.3) is 5.57 Å². The largest absolute Gasteiger partial charge is 0.495 e. The van der Waals surface area contributed by atoms with Gasteiger partial charge in [0.25, 0.3) is 0 Å². The van der Waals surface area contributed by atoms with Crippen molar-refractivity contribution in [3.05, 3.63) is 41.9 Å². The van der Waals surface area contributed by atoms with Crippen molar-refractivity contribution in [1.82, 2.24) is 9.88 Å². The first-order chi connectivity index (χ1) is 13.9. The van der Waals surface area contributed by atoms with Crippen LogP contribution in [0.15, 0.2) is 36.3 Å². The van der Waals surface area contributed by atoms with Crippen LogP contribution in [0, 0.1) is 28.6 Å². The number of hydrogen-bond donors (Lipinski definition) is 0. The molecule has 0 unspecified atom stereocenters. The number of aromatic nitrogens is 1. The number of hydrogen-bond acceptors (Lipinski definition) is 4. The Labute approximate surface area is 174 Å². The van der Waals surface area contributed by atoms with Crippen molar-refractivity contribution in [3.63, 3.8) is 0 Å². The van der Waals surface area contributed by atoms with Crippen molar-refractivity contribution in [3.8, 4) is 5.75 Å². The van der Waals surface area contributed by atoms with Gasteiger partial charge in [0, 0.05) is 43.4 Å². The molecule has 5 atom stereocenters. The number of ketones is 1. The fourth-order valence-corrected chi connectivity index (χ4v) is 7.26. The van der Waals surface area contributed by atoms with E-state index in [1.165, 1.54) is 29.7 Å². The highest BCUT2D eigenvalue weighted by Gasteiger charge is 2.58. The van der Waals surface area contributed by atoms with Gasteiger partial charge in [-0.2, -0.15) is 0 Å². The molecule has 29 heavy (non-hydrogen) atoms.